The highest BCUT2D eigenvalue weighted by Gasteiger charge is 2.17. The molecule has 4 nitrogen and oxygen atoms in total. The van der Waals surface area contributed by atoms with E-state index < -0.39 is 0 Å². The van der Waals surface area contributed by atoms with Crippen LogP contribution in [0.25, 0.3) is 0 Å². The number of hydrogen-bond donors (Lipinski definition) is 1. The van der Waals surface area contributed by atoms with Crippen molar-refractivity contribution in [1.82, 2.24) is 15.0 Å². The Bertz CT molecular complexity index is 286. The quantitative estimate of drug-likeness (QED) is 0.781. The second-order valence-corrected chi connectivity index (χ2v) is 4.20. The molecule has 1 aliphatic rings. The number of aromatic nitrogens is 3. The van der Waals surface area contributed by atoms with Crippen molar-refractivity contribution in [2.75, 3.05) is 0 Å². The van der Waals surface area contributed by atoms with Gasteiger partial charge in [0, 0.05) is 6.04 Å². The van der Waals surface area contributed by atoms with Crippen LogP contribution in [0.5, 0.6) is 0 Å². The van der Waals surface area contributed by atoms with Crippen LogP contribution in [0, 0.1) is 0 Å². The molecule has 0 amide bonds. The molecule has 2 N–H and O–H groups in total. The van der Waals surface area contributed by atoms with Gasteiger partial charge in [0.05, 0.1) is 17.9 Å². The third kappa shape index (κ3) is 1.95. The van der Waals surface area contributed by atoms with Gasteiger partial charge in [-0.15, -0.1) is 5.10 Å². The molecule has 1 saturated carbocycles. The van der Waals surface area contributed by atoms with E-state index >= 15 is 0 Å². The standard InChI is InChI=1S/C10H18N4/c1-8(11)10-7-14(13-12-10)9-5-3-2-4-6-9/h7-9H,2-6,11H2,1H3. The minimum atomic E-state index is -0.00709. The van der Waals surface area contributed by atoms with Gasteiger partial charge in [-0.05, 0) is 19.8 Å². The molecule has 0 radical (unpaired) electrons. The summed E-state index contributed by atoms with van der Waals surface area (Å²) in [7, 11) is 0. The van der Waals surface area contributed by atoms with E-state index in [1.165, 1.54) is 32.1 Å². The van der Waals surface area contributed by atoms with E-state index in [0.717, 1.165) is 5.69 Å². The second kappa shape index (κ2) is 4.09. The van der Waals surface area contributed by atoms with E-state index in [2.05, 4.69) is 10.3 Å². The van der Waals surface area contributed by atoms with E-state index in [9.17, 15) is 0 Å². The normalized spacial score (nSPS) is 21.0. The van der Waals surface area contributed by atoms with Gasteiger partial charge in [-0.2, -0.15) is 0 Å². The maximum Gasteiger partial charge on any atom is 0.0991 e. The van der Waals surface area contributed by atoms with Crippen molar-refractivity contribution in [3.8, 4) is 0 Å². The van der Waals surface area contributed by atoms with Crippen LogP contribution in [0.15, 0.2) is 6.20 Å². The summed E-state index contributed by atoms with van der Waals surface area (Å²) >= 11 is 0. The number of hydrogen-bond acceptors (Lipinski definition) is 3. The van der Waals surface area contributed by atoms with E-state index in [4.69, 9.17) is 5.73 Å². The minimum Gasteiger partial charge on any atom is -0.323 e. The van der Waals surface area contributed by atoms with E-state index in [0.29, 0.717) is 6.04 Å². The molecule has 2 rings (SSSR count). The summed E-state index contributed by atoms with van der Waals surface area (Å²) in [5, 5.41) is 8.23. The number of nitrogens with zero attached hydrogens (tertiary/aromatic N) is 3. The van der Waals surface area contributed by atoms with E-state index in [-0.39, 0.29) is 6.04 Å². The predicted molar refractivity (Wildman–Crippen MR) is 54.7 cm³/mol. The molecule has 14 heavy (non-hydrogen) atoms. The Kier molecular flexibility index (Phi) is 2.82. The first kappa shape index (κ1) is 9.65. The highest BCUT2D eigenvalue weighted by atomic mass is 15.4. The molecule has 0 aromatic carbocycles. The first-order valence-corrected chi connectivity index (χ1v) is 5.44. The Morgan fingerprint density at radius 2 is 2.14 bits per heavy atom. The van der Waals surface area contributed by atoms with Crippen LogP contribution in [0.4, 0.5) is 0 Å². The fourth-order valence-electron chi connectivity index (χ4n) is 2.02. The summed E-state index contributed by atoms with van der Waals surface area (Å²) in [6, 6.07) is 0.552. The van der Waals surface area contributed by atoms with Crippen molar-refractivity contribution in [2.45, 2.75) is 51.1 Å². The predicted octanol–water partition coefficient (Wildman–Crippen LogP) is 1.80. The molecule has 4 heteroatoms. The van der Waals surface area contributed by atoms with Gasteiger partial charge >= 0.3 is 0 Å². The molecule has 1 aliphatic carbocycles. The highest BCUT2D eigenvalue weighted by Crippen LogP contribution is 2.27. The van der Waals surface area contributed by atoms with Crippen LogP contribution in [0.3, 0.4) is 0 Å². The first-order valence-electron chi connectivity index (χ1n) is 5.44. The van der Waals surface area contributed by atoms with Crippen LogP contribution in [-0.4, -0.2) is 15.0 Å². The lowest BCUT2D eigenvalue weighted by Crippen LogP contribution is -2.13. The largest absolute Gasteiger partial charge is 0.323 e. The lowest BCUT2D eigenvalue weighted by atomic mass is 9.96. The molecule has 0 bridgehead atoms. The highest BCUT2D eigenvalue weighted by molar-refractivity contribution is 4.98. The lowest BCUT2D eigenvalue weighted by Gasteiger charge is -2.20. The SMILES string of the molecule is CC(N)c1cn(C2CCCCC2)nn1. The maximum atomic E-state index is 5.74. The monoisotopic (exact) mass is 194 g/mol. The summed E-state index contributed by atoms with van der Waals surface area (Å²) in [4.78, 5) is 0. The van der Waals surface area contributed by atoms with Crippen molar-refractivity contribution < 1.29 is 0 Å². The van der Waals surface area contributed by atoms with Gasteiger partial charge in [-0.25, -0.2) is 4.68 Å². The topological polar surface area (TPSA) is 56.7 Å². The Labute approximate surface area is 84.5 Å². The Morgan fingerprint density at radius 1 is 1.43 bits per heavy atom. The molecule has 1 heterocycles. The van der Waals surface area contributed by atoms with Gasteiger partial charge < -0.3 is 5.73 Å². The van der Waals surface area contributed by atoms with Crippen LogP contribution in [0.1, 0.15) is 56.8 Å². The van der Waals surface area contributed by atoms with Crippen LogP contribution < -0.4 is 5.73 Å². The average Bonchev–Trinajstić information content (AvgIpc) is 2.68. The average molecular weight is 194 g/mol. The summed E-state index contributed by atoms with van der Waals surface area (Å²) in [5.41, 5.74) is 6.64. The zero-order valence-electron chi connectivity index (χ0n) is 8.69. The van der Waals surface area contributed by atoms with Crippen molar-refractivity contribution in [1.29, 1.82) is 0 Å². The Balaban J connectivity index is 2.07. The molecule has 1 atom stereocenters. The summed E-state index contributed by atoms with van der Waals surface area (Å²) < 4.78 is 2.00. The van der Waals surface area contributed by atoms with E-state index in [1.54, 1.807) is 0 Å². The molecule has 0 spiro atoms. The summed E-state index contributed by atoms with van der Waals surface area (Å²) in [5.74, 6) is 0. The summed E-state index contributed by atoms with van der Waals surface area (Å²) in [6.45, 7) is 1.94. The molecular formula is C10H18N4. The van der Waals surface area contributed by atoms with Gasteiger partial charge in [0.25, 0.3) is 0 Å². The molecule has 1 fully saturated rings. The van der Waals surface area contributed by atoms with Gasteiger partial charge in [-0.1, -0.05) is 24.5 Å². The molecule has 1 unspecified atom stereocenters. The second-order valence-electron chi connectivity index (χ2n) is 4.20. The van der Waals surface area contributed by atoms with Crippen molar-refractivity contribution in [3.05, 3.63) is 11.9 Å². The third-order valence-corrected chi connectivity index (χ3v) is 2.94. The lowest BCUT2D eigenvalue weighted by molar-refractivity contribution is 0.324. The zero-order valence-corrected chi connectivity index (χ0v) is 8.69. The van der Waals surface area contributed by atoms with E-state index in [1.807, 2.05) is 17.8 Å². The zero-order chi connectivity index (χ0) is 9.97. The molecule has 1 aromatic heterocycles. The molecule has 0 aliphatic heterocycles. The van der Waals surface area contributed by atoms with Crippen LogP contribution in [-0.2, 0) is 0 Å². The minimum absolute atomic E-state index is 0.00709. The van der Waals surface area contributed by atoms with Gasteiger partial charge in [0.15, 0.2) is 0 Å². The molecule has 1 aromatic rings. The van der Waals surface area contributed by atoms with Crippen molar-refractivity contribution >= 4 is 0 Å². The molecule has 0 saturated heterocycles. The number of nitrogens with two attached hydrogens (primary N) is 1. The first-order chi connectivity index (χ1) is 6.77. The van der Waals surface area contributed by atoms with Crippen molar-refractivity contribution in [2.24, 2.45) is 5.73 Å². The van der Waals surface area contributed by atoms with Crippen molar-refractivity contribution in [3.63, 3.8) is 0 Å². The number of rotatable bonds is 2. The molecule has 78 valence electrons. The maximum absolute atomic E-state index is 5.74. The molecular weight excluding hydrogens is 176 g/mol. The van der Waals surface area contributed by atoms with Gasteiger partial charge in [-0.3, -0.25) is 0 Å². The van der Waals surface area contributed by atoms with Gasteiger partial charge in [0.2, 0.25) is 0 Å². The van der Waals surface area contributed by atoms with Crippen LogP contribution in [0.2, 0.25) is 0 Å². The fourth-order valence-corrected chi connectivity index (χ4v) is 2.02. The Morgan fingerprint density at radius 3 is 2.71 bits per heavy atom. The Hall–Kier alpha value is -0.900. The van der Waals surface area contributed by atoms with Gasteiger partial charge in [0.1, 0.15) is 0 Å². The fraction of sp³-hybridized carbons (Fsp3) is 0.800. The van der Waals surface area contributed by atoms with Crippen LogP contribution >= 0.6 is 0 Å². The summed E-state index contributed by atoms with van der Waals surface area (Å²) in [6.07, 6.45) is 8.48. The third-order valence-electron chi connectivity index (χ3n) is 2.94. The smallest absolute Gasteiger partial charge is 0.0991 e.